The van der Waals surface area contributed by atoms with Crippen LogP contribution in [0.5, 0.6) is 0 Å². The summed E-state index contributed by atoms with van der Waals surface area (Å²) in [5, 5.41) is 11.8. The molecule has 84 valence electrons. The number of ether oxygens (including phenoxy) is 2. The van der Waals surface area contributed by atoms with Crippen molar-refractivity contribution in [2.75, 3.05) is 12.4 Å². The van der Waals surface area contributed by atoms with Crippen molar-refractivity contribution in [3.8, 4) is 0 Å². The van der Waals surface area contributed by atoms with Gasteiger partial charge in [-0.05, 0) is 12.1 Å². The Kier molecular flexibility index (Phi) is 2.63. The zero-order valence-corrected chi connectivity index (χ0v) is 8.51. The quantitative estimate of drug-likeness (QED) is 0.803. The molecule has 0 saturated heterocycles. The van der Waals surface area contributed by atoms with E-state index in [-0.39, 0.29) is 11.3 Å². The molecule has 1 aromatic rings. The molecule has 6 nitrogen and oxygen atoms in total. The molecule has 2 N–H and O–H groups in total. The molecule has 0 unspecified atom stereocenters. The molecule has 0 atom stereocenters. The van der Waals surface area contributed by atoms with Crippen LogP contribution in [-0.2, 0) is 9.47 Å². The van der Waals surface area contributed by atoms with Crippen LogP contribution in [0.15, 0.2) is 24.7 Å². The fraction of sp³-hybridized carbons (Fsp3) is 0.200. The second-order valence-corrected chi connectivity index (χ2v) is 3.06. The third-order valence-corrected chi connectivity index (χ3v) is 2.09. The van der Waals surface area contributed by atoms with Crippen molar-refractivity contribution in [2.24, 2.45) is 0 Å². The second-order valence-electron chi connectivity index (χ2n) is 3.06. The first-order valence-electron chi connectivity index (χ1n) is 4.60. The van der Waals surface area contributed by atoms with Gasteiger partial charge in [-0.2, -0.15) is 0 Å². The molecule has 1 aromatic heterocycles. The summed E-state index contributed by atoms with van der Waals surface area (Å²) in [4.78, 5) is 15.1. The highest BCUT2D eigenvalue weighted by Crippen LogP contribution is 2.26. The lowest BCUT2D eigenvalue weighted by atomic mass is 10.2. The molecule has 1 aliphatic heterocycles. The molecule has 0 spiro atoms. The normalized spacial score (nSPS) is 14.3. The van der Waals surface area contributed by atoms with E-state index < -0.39 is 12.3 Å². The van der Waals surface area contributed by atoms with Crippen molar-refractivity contribution in [3.05, 3.63) is 35.9 Å². The molecule has 6 heteroatoms. The molecule has 16 heavy (non-hydrogen) atoms. The highest BCUT2D eigenvalue weighted by molar-refractivity contribution is 5.89. The van der Waals surface area contributed by atoms with E-state index in [0.29, 0.717) is 5.82 Å². The standard InChI is InChI=1S/C10H10N2O4/c1-11-7-3-2-6(9(13)14)8(12-7)10-15-4-5-16-10/h2-5,10H,1H3,(H,11,12)(H,13,14). The summed E-state index contributed by atoms with van der Waals surface area (Å²) in [7, 11) is 1.70. The maximum absolute atomic E-state index is 11.0. The number of pyridine rings is 1. The van der Waals surface area contributed by atoms with E-state index in [0.717, 1.165) is 0 Å². The van der Waals surface area contributed by atoms with Gasteiger partial charge in [-0.15, -0.1) is 0 Å². The summed E-state index contributed by atoms with van der Waals surface area (Å²) in [5.74, 6) is -0.511. The van der Waals surface area contributed by atoms with Gasteiger partial charge in [-0.3, -0.25) is 0 Å². The molecule has 2 heterocycles. The fourth-order valence-corrected chi connectivity index (χ4v) is 1.34. The number of carboxylic acids is 1. The van der Waals surface area contributed by atoms with Crippen molar-refractivity contribution in [2.45, 2.75) is 6.29 Å². The van der Waals surface area contributed by atoms with Crippen LogP contribution in [0.1, 0.15) is 22.3 Å². The lowest BCUT2D eigenvalue weighted by Gasteiger charge is -2.13. The largest absolute Gasteiger partial charge is 0.478 e. The first-order valence-corrected chi connectivity index (χ1v) is 4.60. The predicted molar refractivity (Wildman–Crippen MR) is 54.8 cm³/mol. The molecule has 2 rings (SSSR count). The molecule has 0 amide bonds. The second kappa shape index (κ2) is 4.09. The Morgan fingerprint density at radius 2 is 2.12 bits per heavy atom. The van der Waals surface area contributed by atoms with Crippen molar-refractivity contribution < 1.29 is 19.4 Å². The topological polar surface area (TPSA) is 80.7 Å². The van der Waals surface area contributed by atoms with E-state index in [4.69, 9.17) is 14.6 Å². The molecule has 1 aliphatic rings. The van der Waals surface area contributed by atoms with Gasteiger partial charge in [0.25, 0.3) is 6.29 Å². The van der Waals surface area contributed by atoms with Crippen LogP contribution < -0.4 is 5.32 Å². The molecule has 0 bridgehead atoms. The number of rotatable bonds is 3. The maximum atomic E-state index is 11.0. The minimum atomic E-state index is -1.07. The number of anilines is 1. The van der Waals surface area contributed by atoms with E-state index in [1.165, 1.54) is 18.6 Å². The number of carboxylic acid groups (broad SMARTS) is 1. The van der Waals surface area contributed by atoms with Crippen LogP contribution in [0.2, 0.25) is 0 Å². The van der Waals surface area contributed by atoms with E-state index in [1.807, 2.05) is 0 Å². The minimum Gasteiger partial charge on any atom is -0.478 e. The third kappa shape index (κ3) is 1.77. The predicted octanol–water partition coefficient (Wildman–Crippen LogP) is 1.34. The van der Waals surface area contributed by atoms with Crippen molar-refractivity contribution >= 4 is 11.8 Å². The van der Waals surface area contributed by atoms with Gasteiger partial charge in [0.1, 0.15) is 24.0 Å². The van der Waals surface area contributed by atoms with Gasteiger partial charge in [0.15, 0.2) is 0 Å². The Balaban J connectivity index is 2.41. The average Bonchev–Trinajstić information content (AvgIpc) is 2.81. The van der Waals surface area contributed by atoms with Crippen molar-refractivity contribution in [1.82, 2.24) is 4.98 Å². The fourth-order valence-electron chi connectivity index (χ4n) is 1.34. The number of carbonyl (C=O) groups is 1. The first kappa shape index (κ1) is 10.3. The van der Waals surface area contributed by atoms with Crippen molar-refractivity contribution in [3.63, 3.8) is 0 Å². The summed E-state index contributed by atoms with van der Waals surface area (Å²) in [6.45, 7) is 0. The Labute approximate surface area is 91.5 Å². The van der Waals surface area contributed by atoms with Gasteiger partial charge in [0.2, 0.25) is 0 Å². The molecule has 0 saturated carbocycles. The zero-order chi connectivity index (χ0) is 11.5. The van der Waals surface area contributed by atoms with E-state index in [1.54, 1.807) is 13.1 Å². The SMILES string of the molecule is CNc1ccc(C(=O)O)c(C2OC=CO2)n1. The van der Waals surface area contributed by atoms with Crippen LogP contribution in [0.4, 0.5) is 5.82 Å². The minimum absolute atomic E-state index is 0.0627. The van der Waals surface area contributed by atoms with Gasteiger partial charge in [-0.1, -0.05) is 0 Å². The molecule has 0 radical (unpaired) electrons. The lowest BCUT2D eigenvalue weighted by molar-refractivity contribution is -0.0287. The Morgan fingerprint density at radius 1 is 1.44 bits per heavy atom. The number of nitrogens with one attached hydrogen (secondary N) is 1. The van der Waals surface area contributed by atoms with Crippen molar-refractivity contribution in [1.29, 1.82) is 0 Å². The van der Waals surface area contributed by atoms with Gasteiger partial charge < -0.3 is 19.9 Å². The summed E-state index contributed by atoms with van der Waals surface area (Å²) in [5.41, 5.74) is 0.303. The van der Waals surface area contributed by atoms with Crippen LogP contribution in [-0.4, -0.2) is 23.1 Å². The summed E-state index contributed by atoms with van der Waals surface area (Å²) in [6.07, 6.45) is 1.91. The summed E-state index contributed by atoms with van der Waals surface area (Å²) >= 11 is 0. The first-order chi connectivity index (χ1) is 7.72. The highest BCUT2D eigenvalue weighted by atomic mass is 16.7. The van der Waals surface area contributed by atoms with E-state index >= 15 is 0 Å². The molecule has 0 fully saturated rings. The van der Waals surface area contributed by atoms with Crippen LogP contribution in [0.3, 0.4) is 0 Å². The molecule has 0 aromatic carbocycles. The highest BCUT2D eigenvalue weighted by Gasteiger charge is 2.24. The number of hydrogen-bond donors (Lipinski definition) is 2. The van der Waals surface area contributed by atoms with Crippen LogP contribution in [0, 0.1) is 0 Å². The van der Waals surface area contributed by atoms with Gasteiger partial charge in [0.05, 0.1) is 5.56 Å². The number of hydrogen-bond acceptors (Lipinski definition) is 5. The smallest absolute Gasteiger partial charge is 0.337 e. The van der Waals surface area contributed by atoms with Crippen LogP contribution in [0.25, 0.3) is 0 Å². The zero-order valence-electron chi connectivity index (χ0n) is 8.51. The van der Waals surface area contributed by atoms with Gasteiger partial charge >= 0.3 is 5.97 Å². The number of nitrogens with zero attached hydrogens (tertiary/aromatic N) is 1. The molecular formula is C10H10N2O4. The monoisotopic (exact) mass is 222 g/mol. The van der Waals surface area contributed by atoms with Crippen LogP contribution >= 0.6 is 0 Å². The number of aromatic carboxylic acids is 1. The Bertz CT molecular complexity index is 436. The lowest BCUT2D eigenvalue weighted by Crippen LogP contribution is -2.11. The Morgan fingerprint density at radius 3 is 2.69 bits per heavy atom. The Hall–Kier alpha value is -2.24. The summed E-state index contributed by atoms with van der Waals surface area (Å²) < 4.78 is 10.1. The van der Waals surface area contributed by atoms with Gasteiger partial charge in [-0.25, -0.2) is 9.78 Å². The summed E-state index contributed by atoms with van der Waals surface area (Å²) in [6, 6.07) is 3.04. The molecular weight excluding hydrogens is 212 g/mol. The number of aromatic nitrogens is 1. The van der Waals surface area contributed by atoms with E-state index in [2.05, 4.69) is 10.3 Å². The maximum Gasteiger partial charge on any atom is 0.337 e. The third-order valence-electron chi connectivity index (χ3n) is 2.09. The average molecular weight is 222 g/mol. The van der Waals surface area contributed by atoms with Gasteiger partial charge in [0, 0.05) is 7.05 Å². The molecule has 0 aliphatic carbocycles. The van der Waals surface area contributed by atoms with E-state index in [9.17, 15) is 4.79 Å².